The second kappa shape index (κ2) is 4.41. The van der Waals surface area contributed by atoms with Crippen molar-refractivity contribution in [3.05, 3.63) is 41.0 Å². The Hall–Kier alpha value is -2.10. The fraction of sp³-hybridized carbons (Fsp3) is 0.231. The average Bonchev–Trinajstić information content (AvgIpc) is 2.29. The monoisotopic (exact) mass is 232 g/mol. The Morgan fingerprint density at radius 1 is 1.41 bits per heavy atom. The van der Waals surface area contributed by atoms with E-state index in [0.29, 0.717) is 5.56 Å². The Morgan fingerprint density at radius 3 is 2.82 bits per heavy atom. The molecule has 4 heteroatoms. The third-order valence-corrected chi connectivity index (χ3v) is 2.62. The summed E-state index contributed by atoms with van der Waals surface area (Å²) < 4.78 is 4.76. The number of Topliss-reactive ketones (excluding diaryl/α,β-unsaturated/α-hetero) is 1. The molecule has 1 aliphatic carbocycles. The third kappa shape index (κ3) is 1.93. The molecule has 1 aromatic carbocycles. The van der Waals surface area contributed by atoms with Gasteiger partial charge in [-0.05, 0) is 12.5 Å². The van der Waals surface area contributed by atoms with Crippen molar-refractivity contribution in [2.24, 2.45) is 0 Å². The second-order valence-corrected chi connectivity index (χ2v) is 3.70. The van der Waals surface area contributed by atoms with Gasteiger partial charge in [-0.2, -0.15) is 0 Å². The summed E-state index contributed by atoms with van der Waals surface area (Å²) >= 11 is 0. The van der Waals surface area contributed by atoms with E-state index in [1.165, 1.54) is 0 Å². The first-order valence-corrected chi connectivity index (χ1v) is 5.37. The molecule has 1 N–H and O–H groups in total. The average molecular weight is 232 g/mol. The maximum absolute atomic E-state index is 11.8. The molecule has 0 amide bonds. The number of carbonyl (C=O) groups is 2. The zero-order valence-electron chi connectivity index (χ0n) is 9.40. The smallest absolute Gasteiger partial charge is 0.345 e. The molecule has 0 aromatic heterocycles. The molecule has 0 saturated heterocycles. The van der Waals surface area contributed by atoms with Crippen LogP contribution in [-0.2, 0) is 20.7 Å². The molecule has 0 aliphatic heterocycles. The number of benzene rings is 1. The van der Waals surface area contributed by atoms with Crippen molar-refractivity contribution in [3.8, 4) is 0 Å². The minimum absolute atomic E-state index is 0.119. The number of esters is 1. The maximum Gasteiger partial charge on any atom is 0.345 e. The third-order valence-electron chi connectivity index (χ3n) is 2.62. The van der Waals surface area contributed by atoms with Crippen molar-refractivity contribution in [2.45, 2.75) is 13.3 Å². The van der Waals surface area contributed by atoms with Gasteiger partial charge in [0.1, 0.15) is 11.3 Å². The van der Waals surface area contributed by atoms with Gasteiger partial charge in [-0.3, -0.25) is 4.79 Å². The van der Waals surface area contributed by atoms with Crippen LogP contribution in [0.2, 0.25) is 0 Å². The highest BCUT2D eigenvalue weighted by Gasteiger charge is 2.30. The standard InChI is InChI=1S/C13H12O4/c1-2-17-13(16)11-10(14)7-8-5-3-4-6-9(8)12(11)15/h3-6,15H,2,7H2,1H3. The van der Waals surface area contributed by atoms with E-state index >= 15 is 0 Å². The Labute approximate surface area is 98.5 Å². The molecule has 0 heterocycles. The van der Waals surface area contributed by atoms with E-state index in [9.17, 15) is 14.7 Å². The van der Waals surface area contributed by atoms with Gasteiger partial charge in [-0.1, -0.05) is 24.3 Å². The number of hydrogen-bond acceptors (Lipinski definition) is 4. The molecule has 0 saturated carbocycles. The van der Waals surface area contributed by atoms with E-state index in [1.54, 1.807) is 31.2 Å². The Kier molecular flexibility index (Phi) is 2.95. The molecule has 0 radical (unpaired) electrons. The van der Waals surface area contributed by atoms with Crippen molar-refractivity contribution < 1.29 is 19.4 Å². The van der Waals surface area contributed by atoms with Gasteiger partial charge in [-0.15, -0.1) is 0 Å². The van der Waals surface area contributed by atoms with Gasteiger partial charge in [0.15, 0.2) is 5.78 Å². The molecule has 88 valence electrons. The first kappa shape index (κ1) is 11.4. The lowest BCUT2D eigenvalue weighted by molar-refractivity contribution is -0.140. The topological polar surface area (TPSA) is 63.6 Å². The minimum Gasteiger partial charge on any atom is -0.506 e. The van der Waals surface area contributed by atoms with Crippen molar-refractivity contribution in [1.29, 1.82) is 0 Å². The van der Waals surface area contributed by atoms with Gasteiger partial charge >= 0.3 is 5.97 Å². The van der Waals surface area contributed by atoms with Crippen molar-refractivity contribution in [2.75, 3.05) is 6.61 Å². The normalized spacial score (nSPS) is 14.5. The van der Waals surface area contributed by atoms with Crippen molar-refractivity contribution in [1.82, 2.24) is 0 Å². The largest absolute Gasteiger partial charge is 0.506 e. The van der Waals surface area contributed by atoms with Crippen LogP contribution in [0.3, 0.4) is 0 Å². The molecule has 4 nitrogen and oxygen atoms in total. The number of carbonyl (C=O) groups excluding carboxylic acids is 2. The molecule has 1 aromatic rings. The zero-order valence-corrected chi connectivity index (χ0v) is 9.40. The Bertz CT molecular complexity index is 514. The summed E-state index contributed by atoms with van der Waals surface area (Å²) in [6.07, 6.45) is 0.119. The predicted molar refractivity (Wildman–Crippen MR) is 61.3 cm³/mol. The van der Waals surface area contributed by atoms with Gasteiger partial charge in [0, 0.05) is 12.0 Å². The number of ketones is 1. The number of fused-ring (bicyclic) bond motifs is 1. The second-order valence-electron chi connectivity index (χ2n) is 3.70. The first-order chi connectivity index (χ1) is 8.15. The fourth-order valence-electron chi connectivity index (χ4n) is 1.85. The molecule has 2 rings (SSSR count). The maximum atomic E-state index is 11.8. The summed E-state index contributed by atoms with van der Waals surface area (Å²) in [6.45, 7) is 1.82. The quantitative estimate of drug-likeness (QED) is 0.622. The number of rotatable bonds is 2. The molecular weight excluding hydrogens is 220 g/mol. The van der Waals surface area contributed by atoms with Crippen LogP contribution < -0.4 is 0 Å². The molecule has 0 atom stereocenters. The van der Waals surface area contributed by atoms with Crippen molar-refractivity contribution in [3.63, 3.8) is 0 Å². The highest BCUT2D eigenvalue weighted by Crippen LogP contribution is 2.27. The van der Waals surface area contributed by atoms with E-state index in [-0.39, 0.29) is 24.4 Å². The lowest BCUT2D eigenvalue weighted by Gasteiger charge is -2.17. The summed E-state index contributed by atoms with van der Waals surface area (Å²) in [6, 6.07) is 6.96. The first-order valence-electron chi connectivity index (χ1n) is 5.37. The van der Waals surface area contributed by atoms with Gasteiger partial charge < -0.3 is 9.84 Å². The van der Waals surface area contributed by atoms with Crippen LogP contribution in [0, 0.1) is 0 Å². The molecule has 1 aliphatic rings. The number of ether oxygens (including phenoxy) is 1. The summed E-state index contributed by atoms with van der Waals surface area (Å²) in [7, 11) is 0. The van der Waals surface area contributed by atoms with E-state index in [0.717, 1.165) is 5.56 Å². The number of aliphatic hydroxyl groups is 1. The molecule has 0 bridgehead atoms. The van der Waals surface area contributed by atoms with Crippen LogP contribution in [0.5, 0.6) is 0 Å². The molecule has 0 unspecified atom stereocenters. The van der Waals surface area contributed by atoms with Crippen LogP contribution in [-0.4, -0.2) is 23.5 Å². The van der Waals surface area contributed by atoms with Crippen LogP contribution in [0.4, 0.5) is 0 Å². The number of hydrogen-bond donors (Lipinski definition) is 1. The van der Waals surface area contributed by atoms with E-state index in [2.05, 4.69) is 0 Å². The van der Waals surface area contributed by atoms with Gasteiger partial charge in [0.25, 0.3) is 0 Å². The highest BCUT2D eigenvalue weighted by molar-refractivity contribution is 6.23. The van der Waals surface area contributed by atoms with E-state index in [1.807, 2.05) is 0 Å². The molecule has 17 heavy (non-hydrogen) atoms. The lowest BCUT2D eigenvalue weighted by Crippen LogP contribution is -2.23. The summed E-state index contributed by atoms with van der Waals surface area (Å²) in [5.74, 6) is -1.44. The Morgan fingerprint density at radius 2 is 2.12 bits per heavy atom. The fourth-order valence-corrected chi connectivity index (χ4v) is 1.85. The molecule has 0 fully saturated rings. The lowest BCUT2D eigenvalue weighted by atomic mass is 9.89. The Balaban J connectivity index is 2.51. The van der Waals surface area contributed by atoms with Crippen LogP contribution in [0.15, 0.2) is 29.8 Å². The van der Waals surface area contributed by atoms with Crippen molar-refractivity contribution >= 4 is 17.5 Å². The summed E-state index contributed by atoms with van der Waals surface area (Å²) in [5, 5.41) is 9.95. The summed E-state index contributed by atoms with van der Waals surface area (Å²) in [5.41, 5.74) is 1.00. The van der Waals surface area contributed by atoms with Gasteiger partial charge in [0.2, 0.25) is 0 Å². The predicted octanol–water partition coefficient (Wildman–Crippen LogP) is 1.64. The van der Waals surface area contributed by atoms with Crippen LogP contribution in [0.1, 0.15) is 18.1 Å². The van der Waals surface area contributed by atoms with Gasteiger partial charge in [-0.25, -0.2) is 4.79 Å². The highest BCUT2D eigenvalue weighted by atomic mass is 16.5. The van der Waals surface area contributed by atoms with Crippen LogP contribution >= 0.6 is 0 Å². The minimum atomic E-state index is -0.760. The van der Waals surface area contributed by atoms with Gasteiger partial charge in [0.05, 0.1) is 6.61 Å². The summed E-state index contributed by atoms with van der Waals surface area (Å²) in [4.78, 5) is 23.3. The number of aliphatic hydroxyl groups excluding tert-OH is 1. The zero-order chi connectivity index (χ0) is 12.4. The molecule has 0 spiro atoms. The SMILES string of the molecule is CCOC(=O)C1=C(O)c2ccccc2CC1=O. The van der Waals surface area contributed by atoms with E-state index < -0.39 is 11.8 Å². The molecular formula is C13H12O4. The van der Waals surface area contributed by atoms with E-state index in [4.69, 9.17) is 4.74 Å². The van der Waals surface area contributed by atoms with Crippen LogP contribution in [0.25, 0.3) is 5.76 Å².